The Bertz CT molecular complexity index is 1280. The van der Waals surface area contributed by atoms with Gasteiger partial charge in [-0.1, -0.05) is 39.0 Å². The number of rotatable bonds is 44. The molecule has 4 amide bonds. The molecule has 424 valence electrons. The van der Waals surface area contributed by atoms with Gasteiger partial charge in [-0.3, -0.25) is 19.2 Å². The van der Waals surface area contributed by atoms with E-state index >= 15 is 0 Å². The molecule has 0 saturated heterocycles. The first-order valence-corrected chi connectivity index (χ1v) is 24.6. The largest absolute Gasteiger partial charge is 0.463 e. The molecule has 24 nitrogen and oxygen atoms in total. The molecule has 0 saturated carbocycles. The molecule has 0 aromatic carbocycles. The van der Waals surface area contributed by atoms with E-state index in [1.54, 1.807) is 28.3 Å². The van der Waals surface area contributed by atoms with Crippen molar-refractivity contribution < 1.29 is 95.2 Å². The SMILES string of the molecule is CCCCOCCOC.CCNC(=O)C(CCCCCC(=O)OCCOC)NC(=O)OCCOC.COCCOC(=O)CCCCCC(NC(=O)OCCOC)C(=O)NCCC=O.COCCOCCC=O. The molecule has 72 heavy (non-hydrogen) atoms. The molecule has 0 aliphatic rings. The van der Waals surface area contributed by atoms with Crippen LogP contribution in [0.25, 0.3) is 0 Å². The number of methoxy groups -OCH3 is 6. The fourth-order valence-electron chi connectivity index (χ4n) is 5.09. The van der Waals surface area contributed by atoms with E-state index in [1.807, 2.05) is 0 Å². The van der Waals surface area contributed by atoms with Crippen LogP contribution in [0.4, 0.5) is 9.59 Å². The minimum atomic E-state index is -0.782. The second-order valence-electron chi connectivity index (χ2n) is 14.9. The van der Waals surface area contributed by atoms with Gasteiger partial charge in [0.15, 0.2) is 0 Å². The van der Waals surface area contributed by atoms with Crippen LogP contribution in [-0.4, -0.2) is 209 Å². The summed E-state index contributed by atoms with van der Waals surface area (Å²) in [6.07, 6.45) is 8.67. The predicted molar refractivity (Wildman–Crippen MR) is 265 cm³/mol. The number of amides is 4. The molecule has 0 aliphatic carbocycles. The van der Waals surface area contributed by atoms with Crippen LogP contribution in [0.1, 0.15) is 104 Å². The maximum atomic E-state index is 12.2. The average molecular weight is 1050 g/mol. The van der Waals surface area contributed by atoms with Crippen LogP contribution >= 0.6 is 0 Å². The van der Waals surface area contributed by atoms with Crippen LogP contribution in [0.15, 0.2) is 0 Å². The number of carbonyl (C=O) groups is 8. The normalized spacial score (nSPS) is 11.0. The molecular weight excluding hydrogens is 953 g/mol. The van der Waals surface area contributed by atoms with Crippen molar-refractivity contribution in [1.29, 1.82) is 0 Å². The average Bonchev–Trinajstić information content (AvgIpc) is 3.36. The Labute approximate surface area is 428 Å². The maximum absolute atomic E-state index is 12.2. The third-order valence-electron chi connectivity index (χ3n) is 8.91. The number of unbranched alkanes of at least 4 members (excludes halogenated alkanes) is 5. The van der Waals surface area contributed by atoms with E-state index in [0.29, 0.717) is 117 Å². The molecule has 2 unspecified atom stereocenters. The third kappa shape index (κ3) is 59.7. The number of aldehydes is 2. The number of carbonyl (C=O) groups excluding carboxylic acids is 8. The highest BCUT2D eigenvalue weighted by Gasteiger charge is 2.22. The van der Waals surface area contributed by atoms with Gasteiger partial charge in [-0.2, -0.15) is 0 Å². The lowest BCUT2D eigenvalue weighted by Gasteiger charge is -2.18. The zero-order chi connectivity index (χ0) is 54.6. The number of esters is 2. The van der Waals surface area contributed by atoms with Crippen molar-refractivity contribution in [2.45, 2.75) is 116 Å². The van der Waals surface area contributed by atoms with Gasteiger partial charge in [0.1, 0.15) is 51.1 Å². The van der Waals surface area contributed by atoms with Crippen molar-refractivity contribution in [3.05, 3.63) is 0 Å². The van der Waals surface area contributed by atoms with E-state index in [1.165, 1.54) is 27.8 Å². The summed E-state index contributed by atoms with van der Waals surface area (Å²) in [4.78, 5) is 90.7. The predicted octanol–water partition coefficient (Wildman–Crippen LogP) is 3.26. The van der Waals surface area contributed by atoms with Crippen molar-refractivity contribution in [3.8, 4) is 0 Å². The molecular formula is C48H92N4O20. The molecule has 0 rings (SSSR count). The quantitative estimate of drug-likeness (QED) is 0.0295. The minimum absolute atomic E-state index is 0.0764. The van der Waals surface area contributed by atoms with E-state index in [0.717, 1.165) is 32.3 Å². The van der Waals surface area contributed by atoms with Crippen molar-refractivity contribution in [1.82, 2.24) is 21.3 Å². The second kappa shape index (κ2) is 62.6. The first-order chi connectivity index (χ1) is 34.9. The van der Waals surface area contributed by atoms with Gasteiger partial charge >= 0.3 is 24.1 Å². The molecule has 0 aliphatic heterocycles. The molecule has 0 fully saturated rings. The summed E-state index contributed by atoms with van der Waals surface area (Å²) in [7, 11) is 9.36. The Balaban J connectivity index is -0.000000480. The number of alkyl carbamates (subject to hydrolysis) is 2. The number of nitrogens with one attached hydrogen (secondary N) is 4. The molecule has 24 heteroatoms. The molecule has 4 N–H and O–H groups in total. The van der Waals surface area contributed by atoms with Crippen LogP contribution in [-0.2, 0) is 85.6 Å². The second-order valence-corrected chi connectivity index (χ2v) is 14.9. The summed E-state index contributed by atoms with van der Waals surface area (Å²) < 4.78 is 58.6. The Hall–Kier alpha value is -4.56. The van der Waals surface area contributed by atoms with Crippen molar-refractivity contribution >= 4 is 48.5 Å². The molecule has 0 radical (unpaired) electrons. The number of likely N-dealkylation sites (N-methyl/N-ethyl adjacent to an activating group) is 1. The highest BCUT2D eigenvalue weighted by molar-refractivity contribution is 5.86. The van der Waals surface area contributed by atoms with E-state index in [4.69, 9.17) is 56.8 Å². The van der Waals surface area contributed by atoms with Gasteiger partial charge in [0.2, 0.25) is 11.8 Å². The third-order valence-corrected chi connectivity index (χ3v) is 8.91. The van der Waals surface area contributed by atoms with E-state index in [2.05, 4.69) is 28.2 Å². The van der Waals surface area contributed by atoms with Gasteiger partial charge < -0.3 is 87.7 Å². The zero-order valence-electron chi connectivity index (χ0n) is 44.7. The Morgan fingerprint density at radius 1 is 0.417 bits per heavy atom. The number of ether oxygens (including phenoxy) is 12. The molecule has 0 spiro atoms. The van der Waals surface area contributed by atoms with Gasteiger partial charge in [-0.25, -0.2) is 9.59 Å². The highest BCUT2D eigenvalue weighted by Crippen LogP contribution is 2.09. The summed E-state index contributed by atoms with van der Waals surface area (Å²) in [5.74, 6) is -1.19. The minimum Gasteiger partial charge on any atom is -0.463 e. The summed E-state index contributed by atoms with van der Waals surface area (Å²) in [5, 5.41) is 10.4. The van der Waals surface area contributed by atoms with E-state index in [9.17, 15) is 38.4 Å². The van der Waals surface area contributed by atoms with Gasteiger partial charge in [0.05, 0.1) is 59.5 Å². The zero-order valence-corrected chi connectivity index (χ0v) is 44.7. The Kier molecular flexibility index (Phi) is 64.3. The molecule has 0 heterocycles. The standard InChI is InChI=1S/C18H32N2O8.C17H32N2O7.C7H16O2.C6H12O3/c1-25-11-13-27-16(22)8-5-3-4-7-15(17(23)19-9-6-10-21)20-18(24)28-14-12-26-2;1-4-18-16(21)14(19-17(22)26-13-11-24-3)8-6-5-7-9-15(20)25-12-10-23-2;1-3-4-5-9-7-6-8-2;1-8-5-6-9-4-2-3-7/h10,15H,3-9,11-14H2,1-2H3,(H,19,23)(H,20,24);14H,4-13H2,1-3H3,(H,18,21)(H,19,22);3-7H2,1-2H3;3H,2,4-6H2,1H3. The van der Waals surface area contributed by atoms with Gasteiger partial charge in [0, 0.05) is 88.0 Å². The van der Waals surface area contributed by atoms with Gasteiger partial charge in [-0.15, -0.1) is 0 Å². The lowest BCUT2D eigenvalue weighted by Crippen LogP contribution is -2.47. The fraction of sp³-hybridized carbons (Fsp3) is 0.833. The van der Waals surface area contributed by atoms with Gasteiger partial charge in [0.25, 0.3) is 0 Å². The van der Waals surface area contributed by atoms with Crippen LogP contribution in [0.3, 0.4) is 0 Å². The topological polar surface area (TPSA) is 295 Å². The van der Waals surface area contributed by atoms with Crippen molar-refractivity contribution in [3.63, 3.8) is 0 Å². The smallest absolute Gasteiger partial charge is 0.407 e. The molecule has 2 atom stereocenters. The maximum Gasteiger partial charge on any atom is 0.407 e. The molecule has 0 aromatic rings. The number of hydrogen-bond donors (Lipinski definition) is 4. The van der Waals surface area contributed by atoms with Crippen molar-refractivity contribution in [2.75, 3.05) is 148 Å². The first kappa shape index (κ1) is 74.0. The number of hydrogen-bond acceptors (Lipinski definition) is 20. The van der Waals surface area contributed by atoms with Crippen LogP contribution in [0.5, 0.6) is 0 Å². The summed E-state index contributed by atoms with van der Waals surface area (Å²) in [5.41, 5.74) is 0. The van der Waals surface area contributed by atoms with Gasteiger partial charge in [-0.05, 0) is 39.0 Å². The fourth-order valence-corrected chi connectivity index (χ4v) is 5.09. The summed E-state index contributed by atoms with van der Waals surface area (Å²) >= 11 is 0. The van der Waals surface area contributed by atoms with Crippen LogP contribution in [0.2, 0.25) is 0 Å². The summed E-state index contributed by atoms with van der Waals surface area (Å²) in [6.45, 7) is 10.6. The first-order valence-electron chi connectivity index (χ1n) is 24.6. The van der Waals surface area contributed by atoms with E-state index < -0.39 is 24.3 Å². The highest BCUT2D eigenvalue weighted by atomic mass is 16.6. The Morgan fingerprint density at radius 2 is 0.806 bits per heavy atom. The van der Waals surface area contributed by atoms with Crippen LogP contribution < -0.4 is 21.3 Å². The molecule has 0 bridgehead atoms. The lowest BCUT2D eigenvalue weighted by molar-refractivity contribution is -0.145. The van der Waals surface area contributed by atoms with Crippen molar-refractivity contribution in [2.24, 2.45) is 0 Å². The summed E-state index contributed by atoms with van der Waals surface area (Å²) in [6, 6.07) is -1.45. The monoisotopic (exact) mass is 1040 g/mol. The molecule has 0 aromatic heterocycles. The lowest BCUT2D eigenvalue weighted by atomic mass is 10.1. The van der Waals surface area contributed by atoms with Crippen LogP contribution in [0, 0.1) is 0 Å². The Morgan fingerprint density at radius 3 is 1.19 bits per heavy atom. The van der Waals surface area contributed by atoms with E-state index in [-0.39, 0.29) is 76.2 Å².